The highest BCUT2D eigenvalue weighted by Gasteiger charge is 2.37. The monoisotopic (exact) mass is 452 g/mol. The number of carbonyl (C=O) groups excluding carboxylic acids is 1. The number of hydrogen-bond acceptors (Lipinski definition) is 4. The van der Waals surface area contributed by atoms with E-state index in [1.54, 1.807) is 22.8 Å². The highest BCUT2D eigenvalue weighted by molar-refractivity contribution is 6.30. The fraction of sp³-hybridized carbons (Fsp3) is 0.400. The van der Waals surface area contributed by atoms with Crippen molar-refractivity contribution in [1.29, 1.82) is 0 Å². The second-order valence-corrected chi connectivity index (χ2v) is 9.07. The first-order valence-electron chi connectivity index (χ1n) is 11.1. The van der Waals surface area contributed by atoms with E-state index in [1.165, 1.54) is 0 Å². The van der Waals surface area contributed by atoms with Gasteiger partial charge in [0.2, 0.25) is 5.91 Å². The van der Waals surface area contributed by atoms with Crippen LogP contribution in [0.15, 0.2) is 53.3 Å². The number of aromatic nitrogens is 2. The molecule has 1 aliphatic rings. The first-order valence-corrected chi connectivity index (χ1v) is 11.5. The van der Waals surface area contributed by atoms with Crippen LogP contribution < -0.4 is 5.56 Å². The first kappa shape index (κ1) is 22.5. The maximum Gasteiger partial charge on any atom is 0.266 e. The van der Waals surface area contributed by atoms with E-state index < -0.39 is 0 Å². The molecule has 0 spiro atoms. The second kappa shape index (κ2) is 9.43. The quantitative estimate of drug-likeness (QED) is 0.511. The van der Waals surface area contributed by atoms with Gasteiger partial charge in [0.1, 0.15) is 5.82 Å². The fourth-order valence-electron chi connectivity index (χ4n) is 4.05. The summed E-state index contributed by atoms with van der Waals surface area (Å²) in [6, 6.07) is 14.2. The van der Waals surface area contributed by atoms with Crippen molar-refractivity contribution in [3.8, 4) is 5.69 Å². The molecule has 2 aromatic carbocycles. The lowest BCUT2D eigenvalue weighted by Crippen LogP contribution is -2.42. The Morgan fingerprint density at radius 1 is 1.12 bits per heavy atom. The SMILES string of the molecule is CCC(c1nc2ccccc2c(=O)n1-c1ccc(Cl)cc1)N(CCN(C)C)C(=O)C1CC1. The molecule has 1 aliphatic carbocycles. The van der Waals surface area contributed by atoms with E-state index in [0.29, 0.717) is 40.4 Å². The van der Waals surface area contributed by atoms with Gasteiger partial charge in [-0.25, -0.2) is 4.98 Å². The van der Waals surface area contributed by atoms with Crippen LogP contribution in [0, 0.1) is 5.92 Å². The van der Waals surface area contributed by atoms with Gasteiger partial charge in [-0.2, -0.15) is 0 Å². The Labute approximate surface area is 193 Å². The molecule has 1 unspecified atom stereocenters. The number of benzene rings is 2. The molecule has 7 heteroatoms. The van der Waals surface area contributed by atoms with Gasteiger partial charge in [0, 0.05) is 24.0 Å². The third-order valence-electron chi connectivity index (χ3n) is 5.95. The van der Waals surface area contributed by atoms with Crippen molar-refractivity contribution in [2.75, 3.05) is 27.2 Å². The molecule has 0 saturated heterocycles. The summed E-state index contributed by atoms with van der Waals surface area (Å²) >= 11 is 6.11. The van der Waals surface area contributed by atoms with Crippen molar-refractivity contribution < 1.29 is 4.79 Å². The minimum absolute atomic E-state index is 0.0855. The normalized spacial score (nSPS) is 14.7. The second-order valence-electron chi connectivity index (χ2n) is 8.64. The van der Waals surface area contributed by atoms with Gasteiger partial charge in [0.05, 0.1) is 22.6 Å². The molecule has 1 aromatic heterocycles. The van der Waals surface area contributed by atoms with Crippen molar-refractivity contribution in [2.24, 2.45) is 5.92 Å². The number of para-hydroxylation sites is 1. The Bertz CT molecular complexity index is 1170. The zero-order valence-corrected chi connectivity index (χ0v) is 19.5. The molecular weight excluding hydrogens is 424 g/mol. The Hall–Kier alpha value is -2.70. The number of halogens is 1. The molecule has 1 saturated carbocycles. The van der Waals surface area contributed by atoms with Crippen molar-refractivity contribution in [2.45, 2.75) is 32.2 Å². The smallest absolute Gasteiger partial charge is 0.266 e. The molecule has 1 amide bonds. The molecule has 1 fully saturated rings. The van der Waals surface area contributed by atoms with Crippen LogP contribution in [0.5, 0.6) is 0 Å². The molecule has 0 bridgehead atoms. The van der Waals surface area contributed by atoms with E-state index in [0.717, 1.165) is 19.4 Å². The highest BCUT2D eigenvalue weighted by atomic mass is 35.5. The lowest BCUT2D eigenvalue weighted by molar-refractivity contribution is -0.135. The van der Waals surface area contributed by atoms with Crippen molar-refractivity contribution >= 4 is 28.4 Å². The van der Waals surface area contributed by atoms with Gasteiger partial charge < -0.3 is 9.80 Å². The van der Waals surface area contributed by atoms with E-state index in [9.17, 15) is 9.59 Å². The standard InChI is InChI=1S/C25H29ClN4O2/c1-4-22(29(16-15-28(2)3)24(31)17-9-10-17)23-27-21-8-6-5-7-20(21)25(32)30(23)19-13-11-18(26)12-14-19/h5-8,11-14,17,22H,4,9-10,15-16H2,1-3H3. The summed E-state index contributed by atoms with van der Waals surface area (Å²) in [5.41, 5.74) is 1.19. The highest BCUT2D eigenvalue weighted by Crippen LogP contribution is 2.35. The predicted molar refractivity (Wildman–Crippen MR) is 128 cm³/mol. The maximum absolute atomic E-state index is 13.6. The van der Waals surface area contributed by atoms with E-state index in [-0.39, 0.29) is 23.4 Å². The van der Waals surface area contributed by atoms with Gasteiger partial charge in [0.25, 0.3) is 5.56 Å². The van der Waals surface area contributed by atoms with Crippen LogP contribution >= 0.6 is 11.6 Å². The van der Waals surface area contributed by atoms with Gasteiger partial charge >= 0.3 is 0 Å². The molecular formula is C25H29ClN4O2. The molecule has 1 heterocycles. The number of likely N-dealkylation sites (N-methyl/N-ethyl adjacent to an activating group) is 1. The van der Waals surface area contributed by atoms with Crippen LogP contribution in [0.25, 0.3) is 16.6 Å². The summed E-state index contributed by atoms with van der Waals surface area (Å²) in [4.78, 5) is 35.9. The number of carbonyl (C=O) groups is 1. The van der Waals surface area contributed by atoms with Gasteiger partial charge in [-0.1, -0.05) is 30.7 Å². The number of rotatable bonds is 8. The van der Waals surface area contributed by atoms with Crippen molar-refractivity contribution in [3.63, 3.8) is 0 Å². The number of fused-ring (bicyclic) bond motifs is 1. The summed E-state index contributed by atoms with van der Waals surface area (Å²) in [6.45, 7) is 3.37. The maximum atomic E-state index is 13.6. The Morgan fingerprint density at radius 3 is 2.44 bits per heavy atom. The van der Waals surface area contributed by atoms with E-state index >= 15 is 0 Å². The average Bonchev–Trinajstić information content (AvgIpc) is 3.62. The van der Waals surface area contributed by atoms with Gasteiger partial charge in [0.15, 0.2) is 0 Å². The predicted octanol–water partition coefficient (Wildman–Crippen LogP) is 4.29. The first-order chi connectivity index (χ1) is 15.4. The van der Waals surface area contributed by atoms with Crippen LogP contribution in [0.4, 0.5) is 0 Å². The summed E-state index contributed by atoms with van der Waals surface area (Å²) in [7, 11) is 4.00. The van der Waals surface area contributed by atoms with Crippen LogP contribution in [0.2, 0.25) is 5.02 Å². The largest absolute Gasteiger partial charge is 0.331 e. The molecule has 3 aromatic rings. The topological polar surface area (TPSA) is 58.4 Å². The van der Waals surface area contributed by atoms with Gasteiger partial charge in [-0.3, -0.25) is 14.2 Å². The fourth-order valence-corrected chi connectivity index (χ4v) is 4.17. The minimum atomic E-state index is -0.309. The molecule has 0 N–H and O–H groups in total. The van der Waals surface area contributed by atoms with E-state index in [1.807, 2.05) is 56.3 Å². The van der Waals surface area contributed by atoms with E-state index in [4.69, 9.17) is 16.6 Å². The van der Waals surface area contributed by atoms with Crippen LogP contribution in [0.3, 0.4) is 0 Å². The molecule has 168 valence electrons. The summed E-state index contributed by atoms with van der Waals surface area (Å²) in [6.07, 6.45) is 2.52. The molecule has 1 atom stereocenters. The minimum Gasteiger partial charge on any atom is -0.331 e. The Kier molecular flexibility index (Phi) is 6.63. The van der Waals surface area contributed by atoms with Crippen molar-refractivity contribution in [1.82, 2.24) is 19.4 Å². The van der Waals surface area contributed by atoms with Crippen molar-refractivity contribution in [3.05, 3.63) is 69.7 Å². The van der Waals surface area contributed by atoms with Crippen LogP contribution in [-0.2, 0) is 4.79 Å². The van der Waals surface area contributed by atoms with Gasteiger partial charge in [-0.05, 0) is 69.8 Å². The van der Waals surface area contributed by atoms with Gasteiger partial charge in [-0.15, -0.1) is 0 Å². The molecule has 0 aliphatic heterocycles. The van der Waals surface area contributed by atoms with Crippen LogP contribution in [0.1, 0.15) is 38.1 Å². The summed E-state index contributed by atoms with van der Waals surface area (Å²) < 4.78 is 1.65. The molecule has 0 radical (unpaired) electrons. The van der Waals surface area contributed by atoms with E-state index in [2.05, 4.69) is 4.90 Å². The summed E-state index contributed by atoms with van der Waals surface area (Å²) in [5, 5.41) is 1.15. The zero-order chi connectivity index (χ0) is 22.8. The van der Waals surface area contributed by atoms with Crippen LogP contribution in [-0.4, -0.2) is 52.4 Å². The molecule has 4 rings (SSSR count). The lowest BCUT2D eigenvalue weighted by atomic mass is 10.1. The number of hydrogen-bond donors (Lipinski definition) is 0. The molecule has 32 heavy (non-hydrogen) atoms. The Morgan fingerprint density at radius 2 is 1.81 bits per heavy atom. The average molecular weight is 453 g/mol. The summed E-state index contributed by atoms with van der Waals surface area (Å²) in [5.74, 6) is 0.831. The Balaban J connectivity index is 1.91. The third-order valence-corrected chi connectivity index (χ3v) is 6.20. The number of nitrogens with zero attached hydrogens (tertiary/aromatic N) is 4. The third kappa shape index (κ3) is 4.57. The zero-order valence-electron chi connectivity index (χ0n) is 18.8. The molecule has 6 nitrogen and oxygen atoms in total. The lowest BCUT2D eigenvalue weighted by Gasteiger charge is -2.33. The number of amides is 1.